The predicted molar refractivity (Wildman–Crippen MR) is 134 cm³/mol. The molecule has 0 saturated heterocycles. The van der Waals surface area contributed by atoms with Crippen LogP contribution >= 0.6 is 11.3 Å². The first-order valence-electron chi connectivity index (χ1n) is 10.9. The van der Waals surface area contributed by atoms with Crippen LogP contribution in [0, 0.1) is 10.1 Å². The maximum atomic E-state index is 13.6. The maximum absolute atomic E-state index is 13.6. The highest BCUT2D eigenvalue weighted by molar-refractivity contribution is 7.07. The molecule has 1 aromatic heterocycles. The minimum Gasteiger partial charge on any atom is -0.463 e. The van der Waals surface area contributed by atoms with Gasteiger partial charge < -0.3 is 9.64 Å². The van der Waals surface area contributed by atoms with Gasteiger partial charge in [-0.3, -0.25) is 19.5 Å². The second-order valence-electron chi connectivity index (χ2n) is 8.14. The fourth-order valence-electron chi connectivity index (χ4n) is 3.94. The van der Waals surface area contributed by atoms with Gasteiger partial charge in [-0.15, -0.1) is 0 Å². The van der Waals surface area contributed by atoms with Crippen molar-refractivity contribution in [1.29, 1.82) is 0 Å². The molecule has 1 aliphatic rings. The van der Waals surface area contributed by atoms with Gasteiger partial charge >= 0.3 is 5.97 Å². The van der Waals surface area contributed by atoms with Crippen molar-refractivity contribution < 1.29 is 14.5 Å². The van der Waals surface area contributed by atoms with Crippen LogP contribution < -0.4 is 19.8 Å². The number of esters is 1. The molecule has 35 heavy (non-hydrogen) atoms. The number of nitrogens with zero attached hydrogens (tertiary/aromatic N) is 4. The minimum absolute atomic E-state index is 0.136. The van der Waals surface area contributed by atoms with E-state index in [2.05, 4.69) is 4.99 Å². The van der Waals surface area contributed by atoms with Crippen molar-refractivity contribution in [1.82, 2.24) is 4.57 Å². The van der Waals surface area contributed by atoms with E-state index in [9.17, 15) is 19.7 Å². The van der Waals surface area contributed by atoms with Gasteiger partial charge in [-0.1, -0.05) is 35.6 Å². The van der Waals surface area contributed by atoms with Crippen molar-refractivity contribution >= 4 is 34.8 Å². The topological polar surface area (TPSA) is 107 Å². The first kappa shape index (κ1) is 24.1. The molecule has 1 aliphatic heterocycles. The standard InChI is InChI=1S/C25H24N4O5S/c1-5-34-24(31)21-15(2)26-25-28(22(21)17-7-6-8-19(14-17)29(32)33)23(30)20(35-25)13-16-9-11-18(12-10-16)27(3)4/h6-14,22H,5H2,1-4H3/b20-13-. The van der Waals surface area contributed by atoms with Gasteiger partial charge in [0, 0.05) is 31.9 Å². The molecule has 3 aromatic rings. The van der Waals surface area contributed by atoms with Crippen LogP contribution in [0.15, 0.2) is 69.6 Å². The van der Waals surface area contributed by atoms with Crippen LogP contribution in [0.1, 0.15) is 31.0 Å². The van der Waals surface area contributed by atoms with Gasteiger partial charge in [-0.05, 0) is 43.2 Å². The normalized spacial score (nSPS) is 15.4. The lowest BCUT2D eigenvalue weighted by Gasteiger charge is -2.24. The third kappa shape index (κ3) is 4.65. The van der Waals surface area contributed by atoms with Gasteiger partial charge in [0.1, 0.15) is 0 Å². The Kier molecular flexibility index (Phi) is 6.65. The van der Waals surface area contributed by atoms with Gasteiger partial charge in [-0.2, -0.15) is 0 Å². The SMILES string of the molecule is CCOC(=O)C1=C(C)N=c2s/c(=C\c3ccc(N(C)C)cc3)c(=O)n2C1c1cccc([N+](=O)[O-])c1. The van der Waals surface area contributed by atoms with Crippen molar-refractivity contribution in [3.05, 3.63) is 101 Å². The number of nitro benzene ring substituents is 1. The number of hydrogen-bond donors (Lipinski definition) is 0. The summed E-state index contributed by atoms with van der Waals surface area (Å²) in [4.78, 5) is 44.3. The fraction of sp³-hybridized carbons (Fsp3) is 0.240. The Labute approximate surface area is 205 Å². The smallest absolute Gasteiger partial charge is 0.338 e. The number of aromatic nitrogens is 1. The Morgan fingerprint density at radius 2 is 1.97 bits per heavy atom. The molecule has 2 aromatic carbocycles. The lowest BCUT2D eigenvalue weighted by Crippen LogP contribution is -2.40. The lowest BCUT2D eigenvalue weighted by molar-refractivity contribution is -0.384. The number of carbonyl (C=O) groups excluding carboxylic acids is 1. The van der Waals surface area contributed by atoms with E-state index in [4.69, 9.17) is 4.74 Å². The summed E-state index contributed by atoms with van der Waals surface area (Å²) in [6.07, 6.45) is 1.77. The summed E-state index contributed by atoms with van der Waals surface area (Å²) in [7, 11) is 3.90. The Morgan fingerprint density at radius 3 is 2.60 bits per heavy atom. The highest BCUT2D eigenvalue weighted by Gasteiger charge is 2.34. The van der Waals surface area contributed by atoms with Gasteiger partial charge in [0.25, 0.3) is 11.2 Å². The van der Waals surface area contributed by atoms with E-state index in [-0.39, 0.29) is 23.4 Å². The second kappa shape index (κ2) is 9.67. The zero-order valence-electron chi connectivity index (χ0n) is 19.7. The van der Waals surface area contributed by atoms with Crippen molar-refractivity contribution in [2.24, 2.45) is 4.99 Å². The molecule has 1 unspecified atom stereocenters. The van der Waals surface area contributed by atoms with E-state index in [1.165, 1.54) is 34.1 Å². The number of anilines is 1. The summed E-state index contributed by atoms with van der Waals surface area (Å²) in [6.45, 7) is 3.51. The Bertz CT molecular complexity index is 1520. The first-order chi connectivity index (χ1) is 16.7. The molecule has 0 N–H and O–H groups in total. The van der Waals surface area contributed by atoms with Crippen LogP contribution in [-0.2, 0) is 9.53 Å². The molecular weight excluding hydrogens is 468 g/mol. The van der Waals surface area contributed by atoms with E-state index >= 15 is 0 Å². The van der Waals surface area contributed by atoms with Crippen molar-refractivity contribution in [2.75, 3.05) is 25.6 Å². The second-order valence-corrected chi connectivity index (χ2v) is 9.15. The molecule has 0 radical (unpaired) electrons. The van der Waals surface area contributed by atoms with Crippen LogP contribution in [-0.4, -0.2) is 36.2 Å². The molecule has 1 atom stereocenters. The summed E-state index contributed by atoms with van der Waals surface area (Å²) < 4.78 is 7.11. The molecule has 0 bridgehead atoms. The van der Waals surface area contributed by atoms with Crippen LogP contribution in [0.5, 0.6) is 0 Å². The number of rotatable bonds is 6. The van der Waals surface area contributed by atoms with Crippen molar-refractivity contribution in [3.63, 3.8) is 0 Å². The van der Waals surface area contributed by atoms with Crippen LogP contribution in [0.2, 0.25) is 0 Å². The third-order valence-corrected chi connectivity index (χ3v) is 6.60. The first-order valence-corrected chi connectivity index (χ1v) is 11.7. The number of hydrogen-bond acceptors (Lipinski definition) is 8. The van der Waals surface area contributed by atoms with Gasteiger partial charge in [0.05, 0.1) is 33.4 Å². The number of ether oxygens (including phenoxy) is 1. The van der Waals surface area contributed by atoms with E-state index in [0.29, 0.717) is 20.6 Å². The average molecular weight is 493 g/mol. The van der Waals surface area contributed by atoms with E-state index < -0.39 is 16.9 Å². The number of nitro groups is 1. The number of fused-ring (bicyclic) bond motifs is 1. The van der Waals surface area contributed by atoms with Crippen molar-refractivity contribution in [3.8, 4) is 0 Å². The number of allylic oxidation sites excluding steroid dienone is 1. The van der Waals surface area contributed by atoms with E-state index in [1.54, 1.807) is 26.0 Å². The summed E-state index contributed by atoms with van der Waals surface area (Å²) >= 11 is 1.20. The molecule has 0 fully saturated rings. The molecule has 180 valence electrons. The summed E-state index contributed by atoms with van der Waals surface area (Å²) in [5.74, 6) is -0.612. The average Bonchev–Trinajstić information content (AvgIpc) is 3.13. The molecule has 0 spiro atoms. The van der Waals surface area contributed by atoms with E-state index in [1.807, 2.05) is 43.3 Å². The van der Waals surface area contributed by atoms with Crippen LogP contribution in [0.4, 0.5) is 11.4 Å². The molecule has 10 heteroatoms. The minimum atomic E-state index is -0.900. The number of benzene rings is 2. The fourth-order valence-corrected chi connectivity index (χ4v) is 4.98. The molecular formula is C25H24N4O5S. The zero-order chi connectivity index (χ0) is 25.3. The Balaban J connectivity index is 1.92. The van der Waals surface area contributed by atoms with Gasteiger partial charge in [0.2, 0.25) is 0 Å². The largest absolute Gasteiger partial charge is 0.463 e. The molecule has 9 nitrogen and oxygen atoms in total. The summed E-state index contributed by atoms with van der Waals surface area (Å²) in [5, 5.41) is 11.4. The lowest BCUT2D eigenvalue weighted by atomic mass is 9.95. The quantitative estimate of drug-likeness (QED) is 0.298. The zero-order valence-corrected chi connectivity index (χ0v) is 20.5. The Morgan fingerprint density at radius 1 is 1.26 bits per heavy atom. The van der Waals surface area contributed by atoms with E-state index in [0.717, 1.165) is 11.3 Å². The Hall–Kier alpha value is -4.05. The highest BCUT2D eigenvalue weighted by atomic mass is 32.1. The highest BCUT2D eigenvalue weighted by Crippen LogP contribution is 2.32. The maximum Gasteiger partial charge on any atom is 0.338 e. The van der Waals surface area contributed by atoms with Crippen molar-refractivity contribution in [2.45, 2.75) is 19.9 Å². The van der Waals surface area contributed by atoms with Crippen LogP contribution in [0.3, 0.4) is 0 Å². The molecule has 0 amide bonds. The van der Waals surface area contributed by atoms with Gasteiger partial charge in [0.15, 0.2) is 4.80 Å². The van der Waals surface area contributed by atoms with Crippen LogP contribution in [0.25, 0.3) is 6.08 Å². The third-order valence-electron chi connectivity index (χ3n) is 5.62. The summed E-state index contributed by atoms with van der Waals surface area (Å²) in [6, 6.07) is 12.8. The molecule has 2 heterocycles. The molecule has 0 aliphatic carbocycles. The monoisotopic (exact) mass is 492 g/mol. The molecule has 0 saturated carbocycles. The number of thiazole rings is 1. The van der Waals surface area contributed by atoms with Gasteiger partial charge in [-0.25, -0.2) is 9.79 Å². The predicted octanol–water partition coefficient (Wildman–Crippen LogP) is 2.77. The molecule has 4 rings (SSSR count). The number of carbonyl (C=O) groups is 1. The number of non-ortho nitro benzene ring substituents is 1. The summed E-state index contributed by atoms with van der Waals surface area (Å²) in [5.41, 5.74) is 2.42.